The molecule has 1 aromatic heterocycles. The van der Waals surface area contributed by atoms with E-state index >= 15 is 0 Å². The fourth-order valence-corrected chi connectivity index (χ4v) is 8.65. The van der Waals surface area contributed by atoms with Gasteiger partial charge in [0.2, 0.25) is 0 Å². The Hall–Kier alpha value is -6.44. The molecule has 0 fully saturated rings. The third-order valence-electron chi connectivity index (χ3n) is 11.5. The van der Waals surface area contributed by atoms with Gasteiger partial charge in [-0.05, 0) is 104 Å². The molecule has 0 unspecified atom stereocenters. The lowest BCUT2D eigenvalue weighted by Crippen LogP contribution is -2.14. The van der Waals surface area contributed by atoms with Gasteiger partial charge in [-0.2, -0.15) is 0 Å². The van der Waals surface area contributed by atoms with Crippen LogP contribution in [0.3, 0.4) is 0 Å². The first-order valence-electron chi connectivity index (χ1n) is 18.6. The van der Waals surface area contributed by atoms with Crippen LogP contribution in [0.25, 0.3) is 72.0 Å². The Morgan fingerprint density at radius 2 is 0.887 bits per heavy atom. The molecule has 0 radical (unpaired) electrons. The molecule has 10 rings (SSSR count). The molecule has 0 aliphatic heterocycles. The zero-order chi connectivity index (χ0) is 35.5. The first-order chi connectivity index (χ1) is 26.0. The van der Waals surface area contributed by atoms with Crippen molar-refractivity contribution in [1.29, 1.82) is 0 Å². The van der Waals surface area contributed by atoms with Gasteiger partial charge < -0.3 is 4.57 Å². The Kier molecular flexibility index (Phi) is 7.30. The van der Waals surface area contributed by atoms with Gasteiger partial charge in [0.1, 0.15) is 0 Å². The highest BCUT2D eigenvalue weighted by atomic mass is 15.0. The molecule has 252 valence electrons. The van der Waals surface area contributed by atoms with E-state index in [1.165, 1.54) is 94.3 Å². The summed E-state index contributed by atoms with van der Waals surface area (Å²) in [5.74, 6) is 0. The number of fused-ring (bicyclic) bond motifs is 6. The Morgan fingerprint density at radius 3 is 1.58 bits per heavy atom. The summed E-state index contributed by atoms with van der Waals surface area (Å²) in [5.41, 5.74) is 19.4. The highest BCUT2D eigenvalue weighted by molar-refractivity contribution is 6.10. The molecule has 53 heavy (non-hydrogen) atoms. The fourth-order valence-electron chi connectivity index (χ4n) is 8.65. The summed E-state index contributed by atoms with van der Waals surface area (Å²) < 4.78 is 2.37. The van der Waals surface area contributed by atoms with Crippen LogP contribution in [0.15, 0.2) is 188 Å². The zero-order valence-corrected chi connectivity index (χ0v) is 30.1. The first kappa shape index (κ1) is 31.3. The zero-order valence-electron chi connectivity index (χ0n) is 30.1. The molecule has 9 aromatic rings. The minimum absolute atomic E-state index is 0.0496. The molecule has 1 heterocycles. The van der Waals surface area contributed by atoms with Gasteiger partial charge in [0.05, 0.1) is 11.0 Å². The van der Waals surface area contributed by atoms with Crippen molar-refractivity contribution in [3.05, 3.63) is 210 Å². The van der Waals surface area contributed by atoms with Gasteiger partial charge in [-0.1, -0.05) is 172 Å². The van der Waals surface area contributed by atoms with Gasteiger partial charge in [0.25, 0.3) is 0 Å². The number of para-hydroxylation sites is 2. The van der Waals surface area contributed by atoms with Crippen LogP contribution < -0.4 is 0 Å². The van der Waals surface area contributed by atoms with Gasteiger partial charge in [-0.25, -0.2) is 0 Å². The molecule has 0 saturated heterocycles. The van der Waals surface area contributed by atoms with Crippen molar-refractivity contribution in [3.8, 4) is 50.2 Å². The average Bonchev–Trinajstić information content (AvgIpc) is 3.66. The van der Waals surface area contributed by atoms with E-state index in [1.807, 2.05) is 0 Å². The summed E-state index contributed by atoms with van der Waals surface area (Å²) in [6, 6.07) is 69.2. The average molecular weight is 678 g/mol. The smallest absolute Gasteiger partial charge is 0.0541 e. The van der Waals surface area contributed by atoms with Gasteiger partial charge in [-0.3, -0.25) is 0 Å². The van der Waals surface area contributed by atoms with Crippen LogP contribution in [0.4, 0.5) is 0 Å². The van der Waals surface area contributed by atoms with Gasteiger partial charge in [0.15, 0.2) is 0 Å². The van der Waals surface area contributed by atoms with E-state index in [1.54, 1.807) is 0 Å². The third-order valence-corrected chi connectivity index (χ3v) is 11.5. The number of benzene rings is 8. The maximum atomic E-state index is 2.41. The first-order valence-corrected chi connectivity index (χ1v) is 18.6. The van der Waals surface area contributed by atoms with Crippen LogP contribution in [0.5, 0.6) is 0 Å². The van der Waals surface area contributed by atoms with Crippen molar-refractivity contribution in [3.63, 3.8) is 0 Å². The molecule has 0 N–H and O–H groups in total. The van der Waals surface area contributed by atoms with Crippen LogP contribution in [0.2, 0.25) is 0 Å². The lowest BCUT2D eigenvalue weighted by atomic mass is 9.82. The predicted molar refractivity (Wildman–Crippen MR) is 224 cm³/mol. The molecule has 1 heteroatoms. The Balaban J connectivity index is 0.863. The Bertz CT molecular complexity index is 2780. The van der Waals surface area contributed by atoms with E-state index in [-0.39, 0.29) is 5.41 Å². The fraction of sp³-hybridized carbons (Fsp3) is 0.0769. The number of hydrogen-bond acceptors (Lipinski definition) is 0. The molecule has 0 spiro atoms. The summed E-state index contributed by atoms with van der Waals surface area (Å²) in [6.07, 6.45) is 0.927. The summed E-state index contributed by atoms with van der Waals surface area (Å²) in [6.45, 7) is 4.68. The number of nitrogens with zero attached hydrogens (tertiary/aromatic N) is 1. The third kappa shape index (κ3) is 5.31. The highest BCUT2D eigenvalue weighted by Gasteiger charge is 2.34. The lowest BCUT2D eigenvalue weighted by molar-refractivity contribution is 0.660. The number of hydrogen-bond donors (Lipinski definition) is 0. The maximum absolute atomic E-state index is 2.41. The highest BCUT2D eigenvalue weighted by Crippen LogP contribution is 2.48. The van der Waals surface area contributed by atoms with E-state index < -0.39 is 0 Å². The minimum atomic E-state index is 0.0496. The van der Waals surface area contributed by atoms with Crippen LogP contribution in [-0.4, -0.2) is 4.57 Å². The minimum Gasteiger partial charge on any atom is -0.309 e. The monoisotopic (exact) mass is 677 g/mol. The molecule has 1 nitrogen and oxygen atoms in total. The van der Waals surface area contributed by atoms with Crippen molar-refractivity contribution >= 4 is 21.8 Å². The lowest BCUT2D eigenvalue weighted by Gasteiger charge is -2.21. The van der Waals surface area contributed by atoms with E-state index in [4.69, 9.17) is 0 Å². The second-order valence-electron chi connectivity index (χ2n) is 15.0. The van der Waals surface area contributed by atoms with E-state index in [2.05, 4.69) is 206 Å². The van der Waals surface area contributed by atoms with Gasteiger partial charge >= 0.3 is 0 Å². The number of aromatic nitrogens is 1. The molecule has 0 saturated carbocycles. The molecular weight excluding hydrogens is 639 g/mol. The van der Waals surface area contributed by atoms with E-state index in [0.29, 0.717) is 0 Å². The topological polar surface area (TPSA) is 4.93 Å². The summed E-state index contributed by atoms with van der Waals surface area (Å²) >= 11 is 0. The van der Waals surface area contributed by atoms with Crippen molar-refractivity contribution in [2.24, 2.45) is 0 Å². The molecule has 1 aliphatic rings. The van der Waals surface area contributed by atoms with Crippen LogP contribution in [0.1, 0.15) is 36.1 Å². The SMILES string of the molecule is CC1(C)c2ccccc2-c2cc(Cc3ccc(-c4ccc(-c5ccc(-c6ccc7c(c6)c6ccccc6n7-c6ccccc6)cc5)cc4)cc3)ccc21. The summed E-state index contributed by atoms with van der Waals surface area (Å²) in [4.78, 5) is 0. The van der Waals surface area contributed by atoms with Crippen molar-refractivity contribution in [2.75, 3.05) is 0 Å². The molecule has 1 aliphatic carbocycles. The van der Waals surface area contributed by atoms with Crippen LogP contribution in [-0.2, 0) is 11.8 Å². The summed E-state index contributed by atoms with van der Waals surface area (Å²) in [7, 11) is 0. The molecule has 0 bridgehead atoms. The standard InChI is InChI=1S/C52H39N/c1-52(2)48-14-8-6-12-44(48)46-33-36(18-30-49(46)52)32-35-16-19-37(20-17-35)38-21-23-39(24-22-38)40-25-27-41(28-26-40)42-29-31-51-47(34-42)45-13-7-9-15-50(45)53(51)43-10-4-3-5-11-43/h3-31,33-34H,32H2,1-2H3. The van der Waals surface area contributed by atoms with E-state index in [0.717, 1.165) is 6.42 Å². The van der Waals surface area contributed by atoms with Crippen molar-refractivity contribution in [2.45, 2.75) is 25.7 Å². The molecule has 8 aromatic carbocycles. The largest absolute Gasteiger partial charge is 0.309 e. The second kappa shape index (κ2) is 12.4. The molecular formula is C52H39N. The van der Waals surface area contributed by atoms with Crippen LogP contribution >= 0.6 is 0 Å². The van der Waals surface area contributed by atoms with Gasteiger partial charge in [-0.15, -0.1) is 0 Å². The normalized spacial score (nSPS) is 12.9. The van der Waals surface area contributed by atoms with E-state index in [9.17, 15) is 0 Å². The van der Waals surface area contributed by atoms with Crippen LogP contribution in [0, 0.1) is 0 Å². The van der Waals surface area contributed by atoms with Crippen molar-refractivity contribution in [1.82, 2.24) is 4.57 Å². The number of rotatable bonds is 6. The summed E-state index contributed by atoms with van der Waals surface area (Å²) in [5, 5.41) is 2.54. The quantitative estimate of drug-likeness (QED) is 0.165. The molecule has 0 atom stereocenters. The molecule has 0 amide bonds. The predicted octanol–water partition coefficient (Wildman–Crippen LogP) is 13.7. The second-order valence-corrected chi connectivity index (χ2v) is 15.0. The maximum Gasteiger partial charge on any atom is 0.0541 e. The Labute approximate surface area is 311 Å². The Morgan fingerprint density at radius 1 is 0.377 bits per heavy atom. The van der Waals surface area contributed by atoms with Gasteiger partial charge in [0, 0.05) is 21.9 Å². The van der Waals surface area contributed by atoms with Crippen molar-refractivity contribution < 1.29 is 0 Å².